The summed E-state index contributed by atoms with van der Waals surface area (Å²) in [5.74, 6) is 0.201. The van der Waals surface area contributed by atoms with Crippen LogP contribution in [-0.4, -0.2) is 35.4 Å². The maximum atomic E-state index is 11.8. The van der Waals surface area contributed by atoms with Gasteiger partial charge in [-0.05, 0) is 44.0 Å². The molecule has 2 N–H and O–H groups in total. The summed E-state index contributed by atoms with van der Waals surface area (Å²) in [4.78, 5) is 17.7. The Morgan fingerprint density at radius 1 is 1.41 bits per heavy atom. The van der Waals surface area contributed by atoms with E-state index in [2.05, 4.69) is 4.98 Å². The first kappa shape index (κ1) is 13.6. The van der Waals surface area contributed by atoms with E-state index < -0.39 is 0 Å². The van der Waals surface area contributed by atoms with Crippen LogP contribution >= 0.6 is 0 Å². The monoisotopic (exact) mass is 235 g/mol. The van der Waals surface area contributed by atoms with E-state index in [4.69, 9.17) is 5.73 Å². The second-order valence-corrected chi connectivity index (χ2v) is 3.97. The molecule has 0 unspecified atom stereocenters. The second kappa shape index (κ2) is 7.79. The molecule has 0 aliphatic rings. The molecule has 0 radical (unpaired) electrons. The van der Waals surface area contributed by atoms with Crippen LogP contribution in [0.2, 0.25) is 0 Å². The van der Waals surface area contributed by atoms with Crippen molar-refractivity contribution in [3.8, 4) is 0 Å². The van der Waals surface area contributed by atoms with Gasteiger partial charge in [0.25, 0.3) is 0 Å². The summed E-state index contributed by atoms with van der Waals surface area (Å²) < 4.78 is 0. The number of amides is 1. The molecule has 0 bridgehead atoms. The van der Waals surface area contributed by atoms with E-state index in [1.807, 2.05) is 24.0 Å². The minimum absolute atomic E-state index is 0.201. The molecule has 17 heavy (non-hydrogen) atoms. The van der Waals surface area contributed by atoms with Gasteiger partial charge < -0.3 is 10.6 Å². The number of likely N-dealkylation sites (N-methyl/N-ethyl adjacent to an activating group) is 1. The first-order chi connectivity index (χ1) is 8.27. The maximum absolute atomic E-state index is 11.8. The number of carbonyl (C=O) groups excluding carboxylic acids is 1. The summed E-state index contributed by atoms with van der Waals surface area (Å²) in [7, 11) is 0. The van der Waals surface area contributed by atoms with E-state index in [1.54, 1.807) is 12.4 Å². The van der Waals surface area contributed by atoms with Crippen molar-refractivity contribution in [2.45, 2.75) is 26.2 Å². The van der Waals surface area contributed by atoms with Crippen molar-refractivity contribution in [2.75, 3.05) is 19.6 Å². The fourth-order valence-corrected chi connectivity index (χ4v) is 1.68. The van der Waals surface area contributed by atoms with Crippen LogP contribution in [0.25, 0.3) is 0 Å². The highest BCUT2D eigenvalue weighted by molar-refractivity contribution is 5.76. The van der Waals surface area contributed by atoms with Crippen LogP contribution in [0.15, 0.2) is 24.5 Å². The van der Waals surface area contributed by atoms with Crippen LogP contribution in [0.1, 0.15) is 25.3 Å². The summed E-state index contributed by atoms with van der Waals surface area (Å²) in [6.07, 6.45) is 5.76. The van der Waals surface area contributed by atoms with Crippen LogP contribution < -0.4 is 5.73 Å². The third kappa shape index (κ3) is 4.95. The van der Waals surface area contributed by atoms with Crippen molar-refractivity contribution < 1.29 is 4.79 Å². The average molecular weight is 235 g/mol. The quantitative estimate of drug-likeness (QED) is 0.773. The Balaban J connectivity index is 2.39. The van der Waals surface area contributed by atoms with E-state index >= 15 is 0 Å². The van der Waals surface area contributed by atoms with Crippen molar-refractivity contribution >= 4 is 5.91 Å². The summed E-state index contributed by atoms with van der Waals surface area (Å²) in [6, 6.07) is 3.97. The third-order valence-electron chi connectivity index (χ3n) is 2.75. The molecule has 0 spiro atoms. The van der Waals surface area contributed by atoms with Gasteiger partial charge in [-0.15, -0.1) is 0 Å². The van der Waals surface area contributed by atoms with Gasteiger partial charge >= 0.3 is 0 Å². The lowest BCUT2D eigenvalue weighted by Gasteiger charge is -2.20. The number of nitrogens with two attached hydrogens (primary N) is 1. The molecule has 0 aromatic carbocycles. The van der Waals surface area contributed by atoms with Crippen molar-refractivity contribution in [3.05, 3.63) is 30.1 Å². The Morgan fingerprint density at radius 2 is 2.12 bits per heavy atom. The standard InChI is InChI=1S/C13H21N3O/c1-2-16(13(17)4-3-8-14)11-7-12-5-9-15-10-6-12/h5-6,9-10H,2-4,7-8,11,14H2,1H3. The van der Waals surface area contributed by atoms with Gasteiger partial charge in [-0.3, -0.25) is 9.78 Å². The van der Waals surface area contributed by atoms with Gasteiger partial charge in [0.2, 0.25) is 5.91 Å². The van der Waals surface area contributed by atoms with Crippen LogP contribution in [0.5, 0.6) is 0 Å². The summed E-state index contributed by atoms with van der Waals surface area (Å²) in [5.41, 5.74) is 6.62. The molecule has 4 heteroatoms. The molecular weight excluding hydrogens is 214 g/mol. The second-order valence-electron chi connectivity index (χ2n) is 3.97. The number of rotatable bonds is 7. The number of aromatic nitrogens is 1. The van der Waals surface area contributed by atoms with Crippen LogP contribution in [-0.2, 0) is 11.2 Å². The van der Waals surface area contributed by atoms with Gasteiger partial charge in [-0.25, -0.2) is 0 Å². The van der Waals surface area contributed by atoms with Crippen molar-refractivity contribution in [1.29, 1.82) is 0 Å². The molecule has 0 aliphatic carbocycles. The zero-order valence-electron chi connectivity index (χ0n) is 10.4. The van der Waals surface area contributed by atoms with Gasteiger partial charge in [-0.2, -0.15) is 0 Å². The van der Waals surface area contributed by atoms with E-state index in [0.29, 0.717) is 13.0 Å². The fraction of sp³-hybridized carbons (Fsp3) is 0.538. The lowest BCUT2D eigenvalue weighted by Crippen LogP contribution is -2.32. The number of hydrogen-bond acceptors (Lipinski definition) is 3. The van der Waals surface area contributed by atoms with Gasteiger partial charge in [0, 0.05) is 31.9 Å². The van der Waals surface area contributed by atoms with Crippen LogP contribution in [0.3, 0.4) is 0 Å². The van der Waals surface area contributed by atoms with E-state index in [0.717, 1.165) is 25.9 Å². The smallest absolute Gasteiger partial charge is 0.222 e. The van der Waals surface area contributed by atoms with E-state index in [9.17, 15) is 4.79 Å². The highest BCUT2D eigenvalue weighted by Crippen LogP contribution is 2.02. The molecule has 0 saturated heterocycles. The normalized spacial score (nSPS) is 10.2. The van der Waals surface area contributed by atoms with Gasteiger partial charge in [0.1, 0.15) is 0 Å². The molecule has 4 nitrogen and oxygen atoms in total. The zero-order valence-corrected chi connectivity index (χ0v) is 10.4. The summed E-state index contributed by atoms with van der Waals surface area (Å²) in [6.45, 7) is 4.11. The predicted octanol–water partition coefficient (Wildman–Crippen LogP) is 1.21. The Labute approximate surface area is 103 Å². The highest BCUT2D eigenvalue weighted by Gasteiger charge is 2.10. The first-order valence-corrected chi connectivity index (χ1v) is 6.14. The maximum Gasteiger partial charge on any atom is 0.222 e. The Hall–Kier alpha value is -1.42. The summed E-state index contributed by atoms with van der Waals surface area (Å²) >= 11 is 0. The molecule has 0 saturated carbocycles. The third-order valence-corrected chi connectivity index (χ3v) is 2.75. The molecule has 0 atom stereocenters. The molecule has 1 aromatic rings. The molecule has 94 valence electrons. The predicted molar refractivity (Wildman–Crippen MR) is 68.5 cm³/mol. The average Bonchev–Trinajstić information content (AvgIpc) is 2.38. The van der Waals surface area contributed by atoms with Crippen molar-refractivity contribution in [3.63, 3.8) is 0 Å². The summed E-state index contributed by atoms with van der Waals surface area (Å²) in [5, 5.41) is 0. The number of carbonyl (C=O) groups is 1. The topological polar surface area (TPSA) is 59.2 Å². The van der Waals surface area contributed by atoms with E-state index in [-0.39, 0.29) is 5.91 Å². The van der Waals surface area contributed by atoms with Crippen molar-refractivity contribution in [1.82, 2.24) is 9.88 Å². The number of nitrogens with zero attached hydrogens (tertiary/aromatic N) is 2. The minimum Gasteiger partial charge on any atom is -0.343 e. The SMILES string of the molecule is CCN(CCc1ccncc1)C(=O)CCCN. The molecule has 0 fully saturated rings. The van der Waals surface area contributed by atoms with Gasteiger partial charge in [-0.1, -0.05) is 0 Å². The first-order valence-electron chi connectivity index (χ1n) is 6.14. The lowest BCUT2D eigenvalue weighted by molar-refractivity contribution is -0.131. The minimum atomic E-state index is 0.201. The van der Waals surface area contributed by atoms with E-state index in [1.165, 1.54) is 5.56 Å². The highest BCUT2D eigenvalue weighted by atomic mass is 16.2. The lowest BCUT2D eigenvalue weighted by atomic mass is 10.2. The Kier molecular flexibility index (Phi) is 6.25. The molecule has 1 heterocycles. The van der Waals surface area contributed by atoms with Gasteiger partial charge in [0.15, 0.2) is 0 Å². The largest absolute Gasteiger partial charge is 0.343 e. The van der Waals surface area contributed by atoms with Crippen LogP contribution in [0, 0.1) is 0 Å². The zero-order chi connectivity index (χ0) is 12.5. The number of pyridine rings is 1. The van der Waals surface area contributed by atoms with Crippen molar-refractivity contribution in [2.24, 2.45) is 5.73 Å². The van der Waals surface area contributed by atoms with Gasteiger partial charge in [0.05, 0.1) is 0 Å². The number of hydrogen-bond donors (Lipinski definition) is 1. The fourth-order valence-electron chi connectivity index (χ4n) is 1.68. The molecular formula is C13H21N3O. The molecule has 1 amide bonds. The molecule has 0 aliphatic heterocycles. The van der Waals surface area contributed by atoms with Crippen LogP contribution in [0.4, 0.5) is 0 Å². The Morgan fingerprint density at radius 3 is 2.71 bits per heavy atom. The Bertz CT molecular complexity index is 327. The molecule has 1 rings (SSSR count). The molecule has 1 aromatic heterocycles.